The van der Waals surface area contributed by atoms with Crippen LogP contribution in [0.25, 0.3) is 0 Å². The minimum atomic E-state index is 0.412. The van der Waals surface area contributed by atoms with Gasteiger partial charge in [-0.3, -0.25) is 0 Å². The highest BCUT2D eigenvalue weighted by molar-refractivity contribution is 6.31. The average Bonchev–Trinajstić information content (AvgIpc) is 2.64. The normalized spacial score (nSPS) is 21.4. The molecule has 1 fully saturated rings. The third-order valence-electron chi connectivity index (χ3n) is 2.46. The number of hydrogen-bond acceptors (Lipinski definition) is 3. The molecule has 1 aliphatic rings. The summed E-state index contributed by atoms with van der Waals surface area (Å²) in [6.45, 7) is 2.14. The zero-order valence-corrected chi connectivity index (χ0v) is 9.15. The maximum atomic E-state index is 5.92. The Morgan fingerprint density at radius 2 is 2.29 bits per heavy atom. The molecule has 5 heteroatoms. The van der Waals surface area contributed by atoms with E-state index in [0.717, 1.165) is 25.1 Å². The third kappa shape index (κ3) is 2.35. The summed E-state index contributed by atoms with van der Waals surface area (Å²) in [5.74, 6) is 0.646. The highest BCUT2D eigenvalue weighted by atomic mass is 35.5. The largest absolute Gasteiger partial charge is 0.316 e. The molecule has 1 aromatic heterocycles. The van der Waals surface area contributed by atoms with Crippen LogP contribution in [-0.2, 0) is 6.42 Å². The molecule has 3 nitrogen and oxygen atoms in total. The van der Waals surface area contributed by atoms with Crippen LogP contribution in [-0.4, -0.2) is 23.3 Å². The zero-order chi connectivity index (χ0) is 9.97. The summed E-state index contributed by atoms with van der Waals surface area (Å²) in [6, 6.07) is 1.80. The van der Waals surface area contributed by atoms with Gasteiger partial charge in [-0.1, -0.05) is 23.2 Å². The molecular weight excluding hydrogens is 221 g/mol. The molecule has 1 atom stereocenters. The van der Waals surface area contributed by atoms with Gasteiger partial charge in [-0.2, -0.15) is 0 Å². The number of nitrogens with one attached hydrogen (secondary N) is 1. The lowest BCUT2D eigenvalue weighted by Gasteiger charge is -2.08. The second kappa shape index (κ2) is 4.43. The van der Waals surface area contributed by atoms with Gasteiger partial charge >= 0.3 is 0 Å². The van der Waals surface area contributed by atoms with E-state index in [9.17, 15) is 0 Å². The Morgan fingerprint density at radius 3 is 3.00 bits per heavy atom. The van der Waals surface area contributed by atoms with Crippen LogP contribution in [0.3, 0.4) is 0 Å². The molecule has 76 valence electrons. The summed E-state index contributed by atoms with van der Waals surface area (Å²) in [6.07, 6.45) is 2.12. The minimum absolute atomic E-state index is 0.412. The standard InChI is InChI=1S/C9H11Cl2N3/c10-8-4-7(9(11)14-13-8)3-6-1-2-12-5-6/h4,6,12H,1-3,5H2. The van der Waals surface area contributed by atoms with E-state index in [0.29, 0.717) is 16.2 Å². The quantitative estimate of drug-likeness (QED) is 0.846. The first-order valence-electron chi connectivity index (χ1n) is 4.64. The van der Waals surface area contributed by atoms with Crippen LogP contribution in [0.2, 0.25) is 10.3 Å². The molecule has 1 N–H and O–H groups in total. The summed E-state index contributed by atoms with van der Waals surface area (Å²) in [5.41, 5.74) is 1.00. The molecule has 0 bridgehead atoms. The number of aromatic nitrogens is 2. The average molecular weight is 232 g/mol. The highest BCUT2D eigenvalue weighted by Gasteiger charge is 2.17. The number of nitrogens with zero attached hydrogens (tertiary/aromatic N) is 2. The van der Waals surface area contributed by atoms with Gasteiger partial charge in [0.25, 0.3) is 0 Å². The predicted molar refractivity (Wildman–Crippen MR) is 56.7 cm³/mol. The summed E-state index contributed by atoms with van der Waals surface area (Å²) < 4.78 is 0. The Morgan fingerprint density at radius 1 is 1.43 bits per heavy atom. The molecule has 14 heavy (non-hydrogen) atoms. The van der Waals surface area contributed by atoms with Gasteiger partial charge in [0.15, 0.2) is 10.3 Å². The van der Waals surface area contributed by atoms with Crippen molar-refractivity contribution in [2.75, 3.05) is 13.1 Å². The van der Waals surface area contributed by atoms with E-state index in [2.05, 4.69) is 15.5 Å². The van der Waals surface area contributed by atoms with E-state index < -0.39 is 0 Å². The fraction of sp³-hybridized carbons (Fsp3) is 0.556. The van der Waals surface area contributed by atoms with Crippen molar-refractivity contribution in [3.8, 4) is 0 Å². The van der Waals surface area contributed by atoms with Crippen molar-refractivity contribution in [2.24, 2.45) is 5.92 Å². The molecule has 1 unspecified atom stereocenters. The molecular formula is C9H11Cl2N3. The van der Waals surface area contributed by atoms with Gasteiger partial charge in [-0.15, -0.1) is 10.2 Å². The Kier molecular flexibility index (Phi) is 3.21. The summed E-state index contributed by atoms with van der Waals surface area (Å²) >= 11 is 11.7. The number of halogens is 2. The van der Waals surface area contributed by atoms with Crippen LogP contribution in [0.15, 0.2) is 6.07 Å². The minimum Gasteiger partial charge on any atom is -0.316 e. The molecule has 2 heterocycles. The molecule has 2 rings (SSSR count). The van der Waals surface area contributed by atoms with Crippen LogP contribution in [0.1, 0.15) is 12.0 Å². The molecule has 0 aliphatic carbocycles. The van der Waals surface area contributed by atoms with Gasteiger partial charge in [-0.05, 0) is 43.5 Å². The molecule has 1 aliphatic heterocycles. The van der Waals surface area contributed by atoms with Crippen molar-refractivity contribution in [2.45, 2.75) is 12.8 Å². The first kappa shape index (κ1) is 10.1. The van der Waals surface area contributed by atoms with Crippen molar-refractivity contribution < 1.29 is 0 Å². The molecule has 1 aromatic rings. The van der Waals surface area contributed by atoms with E-state index in [1.54, 1.807) is 6.07 Å². The molecule has 0 saturated carbocycles. The van der Waals surface area contributed by atoms with Crippen LogP contribution >= 0.6 is 23.2 Å². The Balaban J connectivity index is 2.10. The van der Waals surface area contributed by atoms with Gasteiger partial charge in [0.2, 0.25) is 0 Å². The molecule has 1 saturated heterocycles. The van der Waals surface area contributed by atoms with E-state index in [1.165, 1.54) is 6.42 Å². The van der Waals surface area contributed by atoms with Crippen LogP contribution < -0.4 is 5.32 Å². The third-order valence-corrected chi connectivity index (χ3v) is 2.97. The van der Waals surface area contributed by atoms with Crippen molar-refractivity contribution in [1.29, 1.82) is 0 Å². The van der Waals surface area contributed by atoms with Gasteiger partial charge < -0.3 is 5.32 Å². The smallest absolute Gasteiger partial charge is 0.155 e. The summed E-state index contributed by atoms with van der Waals surface area (Å²) in [5, 5.41) is 11.7. The molecule has 0 radical (unpaired) electrons. The highest BCUT2D eigenvalue weighted by Crippen LogP contribution is 2.21. The van der Waals surface area contributed by atoms with Crippen molar-refractivity contribution in [3.63, 3.8) is 0 Å². The monoisotopic (exact) mass is 231 g/mol. The van der Waals surface area contributed by atoms with Gasteiger partial charge in [0.1, 0.15) is 0 Å². The van der Waals surface area contributed by atoms with Gasteiger partial charge in [-0.25, -0.2) is 0 Å². The van der Waals surface area contributed by atoms with Gasteiger partial charge in [0, 0.05) is 0 Å². The number of rotatable bonds is 2. The van der Waals surface area contributed by atoms with E-state index in [4.69, 9.17) is 23.2 Å². The van der Waals surface area contributed by atoms with Crippen molar-refractivity contribution >= 4 is 23.2 Å². The maximum Gasteiger partial charge on any atom is 0.155 e. The molecule has 0 amide bonds. The lowest BCUT2D eigenvalue weighted by Crippen LogP contribution is -2.11. The topological polar surface area (TPSA) is 37.8 Å². The second-order valence-corrected chi connectivity index (χ2v) is 4.29. The van der Waals surface area contributed by atoms with Crippen LogP contribution in [0.5, 0.6) is 0 Å². The fourth-order valence-corrected chi connectivity index (χ4v) is 2.07. The van der Waals surface area contributed by atoms with E-state index >= 15 is 0 Å². The predicted octanol–water partition coefficient (Wildman–Crippen LogP) is 1.94. The van der Waals surface area contributed by atoms with Gasteiger partial charge in [0.05, 0.1) is 0 Å². The van der Waals surface area contributed by atoms with Crippen molar-refractivity contribution in [3.05, 3.63) is 21.9 Å². The summed E-state index contributed by atoms with van der Waals surface area (Å²) in [4.78, 5) is 0. The lowest BCUT2D eigenvalue weighted by atomic mass is 10.0. The number of hydrogen-bond donors (Lipinski definition) is 1. The Bertz CT molecular complexity index is 324. The first-order chi connectivity index (χ1) is 6.75. The molecule has 0 spiro atoms. The van der Waals surface area contributed by atoms with Crippen molar-refractivity contribution in [1.82, 2.24) is 15.5 Å². The SMILES string of the molecule is Clc1cc(CC2CCNC2)c(Cl)nn1. The van der Waals surface area contributed by atoms with E-state index in [1.807, 2.05) is 0 Å². The van der Waals surface area contributed by atoms with Crippen LogP contribution in [0.4, 0.5) is 0 Å². The van der Waals surface area contributed by atoms with E-state index in [-0.39, 0.29) is 0 Å². The Labute approximate surface area is 92.8 Å². The summed E-state index contributed by atoms with van der Waals surface area (Å²) in [7, 11) is 0. The second-order valence-electron chi connectivity index (χ2n) is 3.55. The fourth-order valence-electron chi connectivity index (χ4n) is 1.73. The lowest BCUT2D eigenvalue weighted by molar-refractivity contribution is 0.578. The first-order valence-corrected chi connectivity index (χ1v) is 5.39. The molecule has 0 aromatic carbocycles. The maximum absolute atomic E-state index is 5.92. The zero-order valence-electron chi connectivity index (χ0n) is 7.63. The van der Waals surface area contributed by atoms with Crippen LogP contribution in [0, 0.1) is 5.92 Å². The Hall–Kier alpha value is -0.380.